The van der Waals surface area contributed by atoms with E-state index in [9.17, 15) is 14.4 Å². The van der Waals surface area contributed by atoms with Gasteiger partial charge in [-0.2, -0.15) is 5.26 Å². The second-order valence-corrected chi connectivity index (χ2v) is 6.10. The summed E-state index contributed by atoms with van der Waals surface area (Å²) in [6.45, 7) is 1.49. The zero-order valence-corrected chi connectivity index (χ0v) is 15.7. The fraction of sp³-hybridized carbons (Fsp3) is 0.143. The van der Waals surface area contributed by atoms with Crippen LogP contribution in [0.4, 0.5) is 5.69 Å². The maximum atomic E-state index is 12.3. The Morgan fingerprint density at radius 1 is 1.07 bits per heavy atom. The van der Waals surface area contributed by atoms with Crippen molar-refractivity contribution >= 4 is 11.6 Å². The van der Waals surface area contributed by atoms with E-state index < -0.39 is 23.7 Å². The lowest BCUT2D eigenvalue weighted by molar-refractivity contribution is -0.116. The summed E-state index contributed by atoms with van der Waals surface area (Å²) in [5, 5.41) is 11.7. The summed E-state index contributed by atoms with van der Waals surface area (Å²) >= 11 is 0. The Balaban J connectivity index is 1.72. The highest BCUT2D eigenvalue weighted by atomic mass is 16.5. The molecule has 0 aliphatic carbocycles. The van der Waals surface area contributed by atoms with E-state index in [-0.39, 0.29) is 12.1 Å². The van der Waals surface area contributed by atoms with Gasteiger partial charge in [0.25, 0.3) is 5.56 Å². The van der Waals surface area contributed by atoms with Gasteiger partial charge in [0.05, 0.1) is 0 Å². The van der Waals surface area contributed by atoms with Crippen molar-refractivity contribution in [1.82, 2.24) is 9.13 Å². The molecule has 0 spiro atoms. The van der Waals surface area contributed by atoms with Crippen LogP contribution in [0.25, 0.3) is 0 Å². The number of hydrogen-bond acceptors (Lipinski definition) is 5. The van der Waals surface area contributed by atoms with Gasteiger partial charge in [0, 0.05) is 18.4 Å². The van der Waals surface area contributed by atoms with Crippen LogP contribution in [-0.2, 0) is 17.9 Å². The third-order valence-corrected chi connectivity index (χ3v) is 4.12. The largest absolute Gasteiger partial charge is 0.457 e. The highest BCUT2D eigenvalue weighted by Crippen LogP contribution is 2.22. The van der Waals surface area contributed by atoms with Crippen molar-refractivity contribution in [3.63, 3.8) is 0 Å². The molecule has 8 nitrogen and oxygen atoms in total. The van der Waals surface area contributed by atoms with Crippen molar-refractivity contribution in [1.29, 1.82) is 5.26 Å². The lowest BCUT2D eigenvalue weighted by Crippen LogP contribution is -2.43. The SMILES string of the molecule is CCn1cc(C#N)c(=O)n(CC(=O)Nc2ccc(Oc3ccccc3)cc2)c1=O. The van der Waals surface area contributed by atoms with Gasteiger partial charge in [-0.05, 0) is 43.3 Å². The predicted molar refractivity (Wildman–Crippen MR) is 107 cm³/mol. The lowest BCUT2D eigenvalue weighted by atomic mass is 10.3. The Bertz CT molecular complexity index is 1170. The molecule has 0 radical (unpaired) electrons. The highest BCUT2D eigenvalue weighted by Gasteiger charge is 2.14. The van der Waals surface area contributed by atoms with Gasteiger partial charge in [-0.25, -0.2) is 9.36 Å². The number of benzene rings is 2. The lowest BCUT2D eigenvalue weighted by Gasteiger charge is -2.10. The van der Waals surface area contributed by atoms with Crippen molar-refractivity contribution in [2.45, 2.75) is 20.0 Å². The van der Waals surface area contributed by atoms with Crippen molar-refractivity contribution in [2.24, 2.45) is 0 Å². The van der Waals surface area contributed by atoms with Crippen LogP contribution >= 0.6 is 0 Å². The van der Waals surface area contributed by atoms with Crippen LogP contribution in [0.1, 0.15) is 12.5 Å². The average molecular weight is 390 g/mol. The number of nitriles is 1. The molecule has 3 aromatic rings. The van der Waals surface area contributed by atoms with Crippen molar-refractivity contribution in [3.05, 3.63) is 87.2 Å². The van der Waals surface area contributed by atoms with Crippen molar-refractivity contribution < 1.29 is 9.53 Å². The number of ether oxygens (including phenoxy) is 1. The zero-order chi connectivity index (χ0) is 20.8. The molecule has 0 bridgehead atoms. The summed E-state index contributed by atoms with van der Waals surface area (Å²) < 4.78 is 7.65. The Morgan fingerprint density at radius 3 is 2.34 bits per heavy atom. The molecule has 0 fully saturated rings. The number of aryl methyl sites for hydroxylation is 1. The van der Waals surface area contributed by atoms with Crippen molar-refractivity contribution in [2.75, 3.05) is 5.32 Å². The second kappa shape index (κ2) is 8.71. The minimum absolute atomic E-state index is 0.193. The van der Waals surface area contributed by atoms with Gasteiger partial charge in [0.2, 0.25) is 5.91 Å². The first-order chi connectivity index (χ1) is 14.0. The molecule has 29 heavy (non-hydrogen) atoms. The molecule has 1 N–H and O–H groups in total. The summed E-state index contributed by atoms with van der Waals surface area (Å²) in [7, 11) is 0. The Kier molecular flexibility index (Phi) is 5.90. The molecule has 1 aromatic heterocycles. The number of amides is 1. The molecule has 1 amide bonds. The molecule has 0 aliphatic rings. The predicted octanol–water partition coefficient (Wildman–Crippen LogP) is 2.33. The van der Waals surface area contributed by atoms with Crippen LogP contribution in [0.5, 0.6) is 11.5 Å². The van der Waals surface area contributed by atoms with E-state index in [4.69, 9.17) is 10.00 Å². The first-order valence-electron chi connectivity index (χ1n) is 8.89. The molecule has 3 rings (SSSR count). The van der Waals surface area contributed by atoms with Gasteiger partial charge >= 0.3 is 5.69 Å². The summed E-state index contributed by atoms with van der Waals surface area (Å²) in [6, 6.07) is 17.7. The average Bonchev–Trinajstić information content (AvgIpc) is 2.73. The molecule has 0 saturated carbocycles. The van der Waals surface area contributed by atoms with Gasteiger partial charge in [-0.1, -0.05) is 18.2 Å². The van der Waals surface area contributed by atoms with Crippen LogP contribution in [0.2, 0.25) is 0 Å². The molecule has 0 unspecified atom stereocenters. The van der Waals surface area contributed by atoms with Crippen LogP contribution < -0.4 is 21.3 Å². The third kappa shape index (κ3) is 4.59. The van der Waals surface area contributed by atoms with E-state index in [1.165, 1.54) is 10.8 Å². The fourth-order valence-corrected chi connectivity index (χ4v) is 2.67. The Morgan fingerprint density at radius 2 is 1.72 bits per heavy atom. The molecule has 8 heteroatoms. The number of anilines is 1. The number of hydrogen-bond donors (Lipinski definition) is 1. The molecule has 0 saturated heterocycles. The highest BCUT2D eigenvalue weighted by molar-refractivity contribution is 5.90. The van der Waals surface area contributed by atoms with Crippen LogP contribution in [0.15, 0.2) is 70.4 Å². The van der Waals surface area contributed by atoms with Gasteiger partial charge in [-0.3, -0.25) is 14.2 Å². The monoisotopic (exact) mass is 390 g/mol. The number of nitrogens with zero attached hydrogens (tertiary/aromatic N) is 3. The minimum Gasteiger partial charge on any atom is -0.457 e. The number of rotatable bonds is 6. The minimum atomic E-state index is -0.788. The standard InChI is InChI=1S/C21H18N4O4/c1-2-24-13-15(12-22)20(27)25(21(24)28)14-19(26)23-16-8-10-18(11-9-16)29-17-6-4-3-5-7-17/h3-11,13H,2,14H2,1H3,(H,23,26). The topological polar surface area (TPSA) is 106 Å². The van der Waals surface area contributed by atoms with Gasteiger partial charge in [-0.15, -0.1) is 0 Å². The molecular weight excluding hydrogens is 372 g/mol. The normalized spacial score (nSPS) is 10.2. The summed E-state index contributed by atoms with van der Waals surface area (Å²) in [4.78, 5) is 36.9. The van der Waals surface area contributed by atoms with Crippen molar-refractivity contribution in [3.8, 4) is 17.6 Å². The molecule has 0 aliphatic heterocycles. The molecular formula is C21H18N4O4. The summed E-state index contributed by atoms with van der Waals surface area (Å²) in [6.07, 6.45) is 1.20. The maximum absolute atomic E-state index is 12.3. The van der Waals surface area contributed by atoms with Gasteiger partial charge in [0.15, 0.2) is 0 Å². The molecule has 1 heterocycles. The number of aromatic nitrogens is 2. The van der Waals surface area contributed by atoms with E-state index in [1.807, 2.05) is 30.3 Å². The summed E-state index contributed by atoms with van der Waals surface area (Å²) in [5.74, 6) is 0.727. The van der Waals surface area contributed by atoms with Crippen LogP contribution in [-0.4, -0.2) is 15.0 Å². The van der Waals surface area contributed by atoms with E-state index in [0.29, 0.717) is 17.2 Å². The van der Waals surface area contributed by atoms with Gasteiger partial charge < -0.3 is 10.1 Å². The second-order valence-electron chi connectivity index (χ2n) is 6.10. The third-order valence-electron chi connectivity index (χ3n) is 4.12. The number of carbonyl (C=O) groups is 1. The Labute approximate surface area is 166 Å². The molecule has 0 atom stereocenters. The van der Waals surface area contributed by atoms with E-state index in [1.54, 1.807) is 37.3 Å². The maximum Gasteiger partial charge on any atom is 0.331 e. The van der Waals surface area contributed by atoms with E-state index in [0.717, 1.165) is 4.57 Å². The fourth-order valence-electron chi connectivity index (χ4n) is 2.67. The number of para-hydroxylation sites is 1. The van der Waals surface area contributed by atoms with E-state index in [2.05, 4.69) is 5.32 Å². The van der Waals surface area contributed by atoms with Gasteiger partial charge in [0.1, 0.15) is 29.7 Å². The first-order valence-corrected chi connectivity index (χ1v) is 8.89. The van der Waals surface area contributed by atoms with Crippen LogP contribution in [0.3, 0.4) is 0 Å². The smallest absolute Gasteiger partial charge is 0.331 e. The number of carbonyl (C=O) groups excluding carboxylic acids is 1. The quantitative estimate of drug-likeness (QED) is 0.695. The summed E-state index contributed by atoms with van der Waals surface area (Å²) in [5.41, 5.74) is -1.14. The zero-order valence-electron chi connectivity index (χ0n) is 15.7. The van der Waals surface area contributed by atoms with Crippen LogP contribution in [0, 0.1) is 11.3 Å². The Hall–Kier alpha value is -4.12. The van der Waals surface area contributed by atoms with E-state index >= 15 is 0 Å². The first kappa shape index (κ1) is 19.6. The molecule has 2 aromatic carbocycles. The molecule has 146 valence electrons. The number of nitrogens with one attached hydrogen (secondary N) is 1.